The van der Waals surface area contributed by atoms with Crippen molar-refractivity contribution >= 4 is 84.8 Å². The summed E-state index contributed by atoms with van der Waals surface area (Å²) in [7, 11) is 0. The van der Waals surface area contributed by atoms with Crippen molar-refractivity contribution < 1.29 is 0 Å². The van der Waals surface area contributed by atoms with E-state index in [1.807, 2.05) is 34.8 Å². The van der Waals surface area contributed by atoms with Crippen molar-refractivity contribution in [1.29, 1.82) is 0 Å². The molecule has 0 saturated carbocycles. The predicted molar refractivity (Wildman–Crippen MR) is 244 cm³/mol. The molecule has 0 unspecified atom stereocenters. The van der Waals surface area contributed by atoms with Gasteiger partial charge in [0.2, 0.25) is 0 Å². The van der Waals surface area contributed by atoms with Crippen molar-refractivity contribution in [3.8, 4) is 50.7 Å². The second-order valence-corrected chi connectivity index (χ2v) is 16.6. The molecule has 0 spiro atoms. The molecule has 4 heterocycles. The molecule has 8 aromatic carbocycles. The lowest BCUT2D eigenvalue weighted by Gasteiger charge is -2.10. The summed E-state index contributed by atoms with van der Waals surface area (Å²) >= 11 is 3.73. The van der Waals surface area contributed by atoms with Gasteiger partial charge in [-0.15, -0.1) is 22.7 Å². The predicted octanol–water partition coefficient (Wildman–Crippen LogP) is 15.0. The molecule has 5 heteroatoms. The third-order valence-corrected chi connectivity index (χ3v) is 13.7. The molecule has 0 fully saturated rings. The molecule has 3 nitrogen and oxygen atoms in total. The fraction of sp³-hybridized carbons (Fsp3) is 0. The van der Waals surface area contributed by atoms with Crippen LogP contribution < -0.4 is 0 Å². The highest BCUT2D eigenvalue weighted by atomic mass is 32.1. The van der Waals surface area contributed by atoms with E-state index in [1.54, 1.807) is 0 Å². The van der Waals surface area contributed by atoms with Crippen LogP contribution in [0.1, 0.15) is 0 Å². The molecule has 0 aliphatic heterocycles. The standard InChI is InChI=1S/C52H31N3S2/c1-4-14-32(15-5-1)44-31-45(33-16-6-2-7-17-33)54-52(53-44)43-24-13-23-41-42-29-28-39-37-27-26-34(36-21-12-22-40-38-20-10-11-25-47(38)56-49(36)40)30-46(37)55(35-18-8-3-9-19-35)48(39)51(42)57-50(41)43/h1-31H. The van der Waals surface area contributed by atoms with Gasteiger partial charge >= 0.3 is 0 Å². The molecular weight excluding hydrogens is 731 g/mol. The summed E-state index contributed by atoms with van der Waals surface area (Å²) in [5.74, 6) is 0.729. The Balaban J connectivity index is 1.12. The van der Waals surface area contributed by atoms with E-state index in [4.69, 9.17) is 9.97 Å². The molecule has 0 N–H and O–H groups in total. The fourth-order valence-electron chi connectivity index (χ4n) is 8.60. The molecule has 0 aliphatic carbocycles. The van der Waals surface area contributed by atoms with E-state index in [-0.39, 0.29) is 0 Å². The van der Waals surface area contributed by atoms with Gasteiger partial charge in [0.05, 0.1) is 27.1 Å². The van der Waals surface area contributed by atoms with Gasteiger partial charge in [0.25, 0.3) is 0 Å². The molecule has 4 aromatic heterocycles. The number of nitrogens with zero attached hydrogens (tertiary/aromatic N) is 3. The number of hydrogen-bond donors (Lipinski definition) is 0. The minimum Gasteiger partial charge on any atom is -0.308 e. The average molecular weight is 762 g/mol. The maximum absolute atomic E-state index is 5.25. The summed E-state index contributed by atoms with van der Waals surface area (Å²) in [6.07, 6.45) is 0. The lowest BCUT2D eigenvalue weighted by Crippen LogP contribution is -1.96. The van der Waals surface area contributed by atoms with Crippen LogP contribution in [-0.2, 0) is 0 Å². The van der Waals surface area contributed by atoms with Crippen LogP contribution in [0.15, 0.2) is 188 Å². The largest absolute Gasteiger partial charge is 0.308 e. The first-order valence-electron chi connectivity index (χ1n) is 19.2. The Hall–Kier alpha value is -6.92. The SMILES string of the molecule is c1ccc(-c2cc(-c3ccccc3)nc(-c3cccc4c3sc3c4ccc4c5ccc(-c6cccc7c6sc6ccccc67)cc5n(-c5ccccc5)c43)n2)cc1. The summed E-state index contributed by atoms with van der Waals surface area (Å²) < 4.78 is 7.57. The van der Waals surface area contributed by atoms with Crippen LogP contribution in [0.2, 0.25) is 0 Å². The van der Waals surface area contributed by atoms with Gasteiger partial charge in [-0.2, -0.15) is 0 Å². The normalized spacial score (nSPS) is 11.9. The van der Waals surface area contributed by atoms with E-state index in [9.17, 15) is 0 Å². The molecule has 0 saturated heterocycles. The van der Waals surface area contributed by atoms with Gasteiger partial charge in [0, 0.05) is 68.8 Å². The molecule has 0 amide bonds. The number of benzene rings is 8. The number of hydrogen-bond acceptors (Lipinski definition) is 4. The minimum absolute atomic E-state index is 0.729. The van der Waals surface area contributed by atoms with Crippen LogP contribution in [0.3, 0.4) is 0 Å². The highest BCUT2D eigenvalue weighted by Crippen LogP contribution is 2.47. The van der Waals surface area contributed by atoms with E-state index in [2.05, 4.69) is 180 Å². The number of thiophene rings is 2. The number of rotatable bonds is 5. The minimum atomic E-state index is 0.729. The summed E-state index contributed by atoms with van der Waals surface area (Å²) in [6, 6.07) is 67.5. The van der Waals surface area contributed by atoms with Crippen LogP contribution in [0, 0.1) is 0 Å². The van der Waals surface area contributed by atoms with Gasteiger partial charge < -0.3 is 4.57 Å². The Morgan fingerprint density at radius 1 is 0.368 bits per heavy atom. The van der Waals surface area contributed by atoms with Crippen molar-refractivity contribution in [2.45, 2.75) is 0 Å². The average Bonchev–Trinajstić information content (AvgIpc) is 3.97. The fourth-order valence-corrected chi connectivity index (χ4v) is 11.2. The summed E-state index contributed by atoms with van der Waals surface area (Å²) in [5.41, 5.74) is 11.0. The smallest absolute Gasteiger partial charge is 0.161 e. The number of fused-ring (bicyclic) bond motifs is 10. The number of para-hydroxylation sites is 1. The maximum Gasteiger partial charge on any atom is 0.161 e. The van der Waals surface area contributed by atoms with Crippen LogP contribution in [-0.4, -0.2) is 14.5 Å². The first-order chi connectivity index (χ1) is 28.3. The van der Waals surface area contributed by atoms with Crippen molar-refractivity contribution in [3.05, 3.63) is 188 Å². The molecule has 0 bridgehead atoms. The zero-order chi connectivity index (χ0) is 37.5. The Labute approximate surface area is 336 Å². The Bertz CT molecular complexity index is 3450. The van der Waals surface area contributed by atoms with Crippen molar-refractivity contribution in [3.63, 3.8) is 0 Å². The lowest BCUT2D eigenvalue weighted by molar-refractivity contribution is 1.19. The third kappa shape index (κ3) is 5.10. The quantitative estimate of drug-likeness (QED) is 0.175. The molecule has 266 valence electrons. The van der Waals surface area contributed by atoms with Gasteiger partial charge in [-0.25, -0.2) is 9.97 Å². The summed E-state index contributed by atoms with van der Waals surface area (Å²) in [6.45, 7) is 0. The van der Waals surface area contributed by atoms with Crippen LogP contribution in [0.25, 0.3) is 113 Å². The van der Waals surface area contributed by atoms with E-state index < -0.39 is 0 Å². The lowest BCUT2D eigenvalue weighted by atomic mass is 10.0. The summed E-state index contributed by atoms with van der Waals surface area (Å²) in [5, 5.41) is 7.57. The van der Waals surface area contributed by atoms with Crippen molar-refractivity contribution in [1.82, 2.24) is 14.5 Å². The highest BCUT2D eigenvalue weighted by molar-refractivity contribution is 7.27. The zero-order valence-corrected chi connectivity index (χ0v) is 32.2. The molecule has 12 rings (SSSR count). The molecule has 12 aromatic rings. The third-order valence-electron chi connectivity index (χ3n) is 11.2. The second kappa shape index (κ2) is 12.8. The Morgan fingerprint density at radius 3 is 1.67 bits per heavy atom. The van der Waals surface area contributed by atoms with Crippen molar-refractivity contribution in [2.24, 2.45) is 0 Å². The van der Waals surface area contributed by atoms with E-state index in [1.165, 1.54) is 73.3 Å². The van der Waals surface area contributed by atoms with Gasteiger partial charge in [-0.3, -0.25) is 0 Å². The van der Waals surface area contributed by atoms with E-state index >= 15 is 0 Å². The molecular formula is C52H31N3S2. The summed E-state index contributed by atoms with van der Waals surface area (Å²) in [4.78, 5) is 10.5. The molecule has 0 aliphatic rings. The molecule has 57 heavy (non-hydrogen) atoms. The van der Waals surface area contributed by atoms with E-state index in [0.717, 1.165) is 39.6 Å². The Kier molecular flexibility index (Phi) is 7.27. The maximum atomic E-state index is 5.25. The Morgan fingerprint density at radius 2 is 0.930 bits per heavy atom. The van der Waals surface area contributed by atoms with Crippen LogP contribution >= 0.6 is 22.7 Å². The van der Waals surface area contributed by atoms with Gasteiger partial charge in [0.15, 0.2) is 5.82 Å². The zero-order valence-electron chi connectivity index (χ0n) is 30.6. The number of aromatic nitrogens is 3. The molecule has 0 radical (unpaired) electrons. The van der Waals surface area contributed by atoms with Crippen molar-refractivity contribution in [2.75, 3.05) is 0 Å². The monoisotopic (exact) mass is 761 g/mol. The second-order valence-electron chi connectivity index (χ2n) is 14.5. The van der Waals surface area contributed by atoms with Gasteiger partial charge in [-0.1, -0.05) is 152 Å². The first-order valence-corrected chi connectivity index (χ1v) is 20.8. The van der Waals surface area contributed by atoms with Gasteiger partial charge in [0.1, 0.15) is 0 Å². The topological polar surface area (TPSA) is 30.7 Å². The highest BCUT2D eigenvalue weighted by Gasteiger charge is 2.21. The van der Waals surface area contributed by atoms with E-state index in [0.29, 0.717) is 0 Å². The van der Waals surface area contributed by atoms with Gasteiger partial charge in [-0.05, 0) is 47.5 Å². The van der Waals surface area contributed by atoms with Crippen LogP contribution in [0.4, 0.5) is 0 Å². The van der Waals surface area contributed by atoms with Crippen LogP contribution in [0.5, 0.6) is 0 Å². The first kappa shape index (κ1) is 32.3. The molecule has 0 atom stereocenters.